The molecule has 1 unspecified atom stereocenters. The van der Waals surface area contributed by atoms with Gasteiger partial charge in [0.05, 0.1) is 6.04 Å². The molecule has 2 aromatic rings. The first-order chi connectivity index (χ1) is 9.75. The minimum Gasteiger partial charge on any atom is -0.330 e. The van der Waals surface area contributed by atoms with Crippen molar-refractivity contribution in [3.63, 3.8) is 0 Å². The molecule has 102 valence electrons. The highest BCUT2D eigenvalue weighted by atomic mass is 79.9. The van der Waals surface area contributed by atoms with Crippen molar-refractivity contribution < 1.29 is 4.79 Å². The van der Waals surface area contributed by atoms with Crippen molar-refractivity contribution in [2.45, 2.75) is 18.9 Å². The number of halogens is 1. The molecular formula is C16H15BrN2O. The zero-order chi connectivity index (χ0) is 13.9. The average Bonchev–Trinajstić information content (AvgIpc) is 2.97. The molecule has 1 aliphatic heterocycles. The molecule has 0 bridgehead atoms. The van der Waals surface area contributed by atoms with Crippen LogP contribution in [0.1, 0.15) is 34.9 Å². The smallest absolute Gasteiger partial charge is 0.273 e. The van der Waals surface area contributed by atoms with E-state index in [4.69, 9.17) is 0 Å². The summed E-state index contributed by atoms with van der Waals surface area (Å²) < 4.78 is 0.693. The lowest BCUT2D eigenvalue weighted by molar-refractivity contribution is 0.0729. The van der Waals surface area contributed by atoms with E-state index in [-0.39, 0.29) is 11.9 Å². The Morgan fingerprint density at radius 3 is 2.70 bits per heavy atom. The number of benzene rings is 1. The molecule has 2 heterocycles. The van der Waals surface area contributed by atoms with Crippen molar-refractivity contribution in [3.8, 4) is 0 Å². The third-order valence-corrected chi connectivity index (χ3v) is 4.07. The molecular weight excluding hydrogens is 316 g/mol. The quantitative estimate of drug-likeness (QED) is 0.784. The number of nitrogens with zero attached hydrogens (tertiary/aromatic N) is 2. The van der Waals surface area contributed by atoms with Crippen LogP contribution in [0.4, 0.5) is 0 Å². The summed E-state index contributed by atoms with van der Waals surface area (Å²) in [6.45, 7) is 0.798. The number of amides is 1. The molecule has 1 aromatic carbocycles. The molecule has 3 rings (SSSR count). The van der Waals surface area contributed by atoms with E-state index in [0.717, 1.165) is 19.4 Å². The number of hydrogen-bond acceptors (Lipinski definition) is 2. The highest BCUT2D eigenvalue weighted by Gasteiger charge is 2.30. The van der Waals surface area contributed by atoms with Gasteiger partial charge in [-0.15, -0.1) is 0 Å². The molecule has 1 amide bonds. The van der Waals surface area contributed by atoms with Gasteiger partial charge >= 0.3 is 0 Å². The summed E-state index contributed by atoms with van der Waals surface area (Å²) in [7, 11) is 0. The topological polar surface area (TPSA) is 33.2 Å². The Balaban J connectivity index is 1.87. The highest BCUT2D eigenvalue weighted by Crippen LogP contribution is 2.32. The maximum atomic E-state index is 12.6. The summed E-state index contributed by atoms with van der Waals surface area (Å²) in [5, 5.41) is 0. The van der Waals surface area contributed by atoms with Crippen LogP contribution in [-0.2, 0) is 0 Å². The standard InChI is InChI=1S/C16H15BrN2O/c17-15-10-4-8-13(18-15)16(20)19-11-5-9-14(19)12-6-2-1-3-7-12/h1-4,6-8,10,14H,5,9,11H2. The molecule has 3 nitrogen and oxygen atoms in total. The van der Waals surface area contributed by atoms with Crippen molar-refractivity contribution >= 4 is 21.8 Å². The molecule has 0 aliphatic carbocycles. The second-order valence-corrected chi connectivity index (χ2v) is 5.73. The van der Waals surface area contributed by atoms with Crippen LogP contribution in [0.5, 0.6) is 0 Å². The Morgan fingerprint density at radius 2 is 1.95 bits per heavy atom. The Morgan fingerprint density at radius 1 is 1.15 bits per heavy atom. The third-order valence-electron chi connectivity index (χ3n) is 3.63. The largest absolute Gasteiger partial charge is 0.330 e. The molecule has 0 spiro atoms. The van der Waals surface area contributed by atoms with E-state index in [2.05, 4.69) is 33.0 Å². The maximum absolute atomic E-state index is 12.6. The Hall–Kier alpha value is -1.68. The third kappa shape index (κ3) is 2.61. The van der Waals surface area contributed by atoms with Gasteiger partial charge in [0.2, 0.25) is 0 Å². The fourth-order valence-electron chi connectivity index (χ4n) is 2.71. The fourth-order valence-corrected chi connectivity index (χ4v) is 3.05. The van der Waals surface area contributed by atoms with Crippen LogP contribution < -0.4 is 0 Å². The summed E-state index contributed by atoms with van der Waals surface area (Å²) in [4.78, 5) is 18.8. The van der Waals surface area contributed by atoms with Crippen LogP contribution >= 0.6 is 15.9 Å². The first kappa shape index (κ1) is 13.3. The first-order valence-electron chi connectivity index (χ1n) is 6.74. The molecule has 4 heteroatoms. The minimum absolute atomic E-state index is 0.0117. The molecule has 1 aromatic heterocycles. The van der Waals surface area contributed by atoms with Crippen molar-refractivity contribution in [1.82, 2.24) is 9.88 Å². The van der Waals surface area contributed by atoms with Gasteiger partial charge in [-0.25, -0.2) is 4.98 Å². The van der Waals surface area contributed by atoms with Crippen molar-refractivity contribution in [3.05, 3.63) is 64.4 Å². The SMILES string of the molecule is O=C(c1cccc(Br)n1)N1CCCC1c1ccccc1. The van der Waals surface area contributed by atoms with Crippen LogP contribution in [0.2, 0.25) is 0 Å². The fraction of sp³-hybridized carbons (Fsp3) is 0.250. The summed E-state index contributed by atoms with van der Waals surface area (Å²) in [6, 6.07) is 15.8. The van der Waals surface area contributed by atoms with Gasteiger partial charge in [-0.05, 0) is 46.5 Å². The lowest BCUT2D eigenvalue weighted by atomic mass is 10.0. The molecule has 0 radical (unpaired) electrons. The van der Waals surface area contributed by atoms with Gasteiger partial charge in [-0.3, -0.25) is 4.79 Å². The van der Waals surface area contributed by atoms with E-state index in [1.54, 1.807) is 6.07 Å². The maximum Gasteiger partial charge on any atom is 0.273 e. The monoisotopic (exact) mass is 330 g/mol. The molecule has 1 atom stereocenters. The summed E-state index contributed by atoms with van der Waals surface area (Å²) in [6.07, 6.45) is 2.06. The van der Waals surface area contributed by atoms with Crippen LogP contribution in [0, 0.1) is 0 Å². The Bertz CT molecular complexity index is 615. The van der Waals surface area contributed by atoms with Crippen molar-refractivity contribution in [1.29, 1.82) is 0 Å². The van der Waals surface area contributed by atoms with E-state index in [9.17, 15) is 4.79 Å². The summed E-state index contributed by atoms with van der Waals surface area (Å²) >= 11 is 3.32. The lowest BCUT2D eigenvalue weighted by Crippen LogP contribution is -2.31. The molecule has 1 fully saturated rings. The number of hydrogen-bond donors (Lipinski definition) is 0. The average molecular weight is 331 g/mol. The van der Waals surface area contributed by atoms with Gasteiger partial charge in [-0.2, -0.15) is 0 Å². The normalized spacial score (nSPS) is 18.2. The van der Waals surface area contributed by atoms with E-state index in [0.29, 0.717) is 10.3 Å². The van der Waals surface area contributed by atoms with Crippen LogP contribution in [0.15, 0.2) is 53.1 Å². The van der Waals surface area contributed by atoms with Crippen LogP contribution in [0.25, 0.3) is 0 Å². The molecule has 0 N–H and O–H groups in total. The van der Waals surface area contributed by atoms with Gasteiger partial charge in [0.15, 0.2) is 0 Å². The summed E-state index contributed by atoms with van der Waals surface area (Å²) in [5.41, 5.74) is 1.70. The number of carbonyl (C=O) groups is 1. The van der Waals surface area contributed by atoms with Crippen molar-refractivity contribution in [2.75, 3.05) is 6.54 Å². The van der Waals surface area contributed by atoms with E-state index in [1.165, 1.54) is 5.56 Å². The van der Waals surface area contributed by atoms with E-state index < -0.39 is 0 Å². The predicted molar refractivity (Wildman–Crippen MR) is 81.4 cm³/mol. The minimum atomic E-state index is 0.0117. The van der Waals surface area contributed by atoms with Crippen molar-refractivity contribution in [2.24, 2.45) is 0 Å². The Kier molecular flexibility index (Phi) is 3.83. The summed E-state index contributed by atoms with van der Waals surface area (Å²) in [5.74, 6) is 0.0117. The lowest BCUT2D eigenvalue weighted by Gasteiger charge is -2.24. The molecule has 20 heavy (non-hydrogen) atoms. The van der Waals surface area contributed by atoms with E-state index >= 15 is 0 Å². The van der Waals surface area contributed by atoms with Gasteiger partial charge in [0.25, 0.3) is 5.91 Å². The Labute approximate surface area is 126 Å². The number of rotatable bonds is 2. The zero-order valence-electron chi connectivity index (χ0n) is 11.0. The van der Waals surface area contributed by atoms with E-state index in [1.807, 2.05) is 35.2 Å². The molecule has 0 saturated carbocycles. The number of likely N-dealkylation sites (tertiary alicyclic amines) is 1. The molecule has 1 aliphatic rings. The second-order valence-electron chi connectivity index (χ2n) is 4.91. The highest BCUT2D eigenvalue weighted by molar-refractivity contribution is 9.10. The van der Waals surface area contributed by atoms with Gasteiger partial charge in [0.1, 0.15) is 10.3 Å². The molecule has 1 saturated heterocycles. The van der Waals surface area contributed by atoms with Crippen LogP contribution in [0.3, 0.4) is 0 Å². The number of pyridine rings is 1. The first-order valence-corrected chi connectivity index (χ1v) is 7.53. The number of carbonyl (C=O) groups excluding carboxylic acids is 1. The second kappa shape index (κ2) is 5.75. The van der Waals surface area contributed by atoms with Gasteiger partial charge in [-0.1, -0.05) is 36.4 Å². The van der Waals surface area contributed by atoms with Gasteiger partial charge in [0, 0.05) is 6.54 Å². The van der Waals surface area contributed by atoms with Crippen LogP contribution in [-0.4, -0.2) is 22.3 Å². The predicted octanol–water partition coefficient (Wildman–Crippen LogP) is 3.82. The van der Waals surface area contributed by atoms with Gasteiger partial charge < -0.3 is 4.90 Å². The zero-order valence-corrected chi connectivity index (χ0v) is 12.6. The number of aromatic nitrogens is 1.